The maximum absolute atomic E-state index is 11.0. The van der Waals surface area contributed by atoms with E-state index in [1.807, 2.05) is 7.05 Å². The van der Waals surface area contributed by atoms with Gasteiger partial charge in [0.1, 0.15) is 5.78 Å². The molecule has 0 aliphatic rings. The molecule has 1 atom stereocenters. The molecule has 0 heterocycles. The number of nitrogens with one attached hydrogen (secondary N) is 1. The van der Waals surface area contributed by atoms with Gasteiger partial charge in [-0.1, -0.05) is 12.8 Å². The Balaban J connectivity index is 3.38. The van der Waals surface area contributed by atoms with Gasteiger partial charge in [0.05, 0.1) is 6.04 Å². The fourth-order valence-corrected chi connectivity index (χ4v) is 1.22. The summed E-state index contributed by atoms with van der Waals surface area (Å²) in [6.45, 7) is 2.38. The highest BCUT2D eigenvalue weighted by Crippen LogP contribution is 2.03. The molecule has 0 aromatic heterocycles. The molecule has 0 spiro atoms. The summed E-state index contributed by atoms with van der Waals surface area (Å²) >= 11 is 0. The molecule has 0 amide bonds. The highest BCUT2D eigenvalue weighted by molar-refractivity contribution is 5.81. The smallest absolute Gasteiger partial charge is 0.146 e. The van der Waals surface area contributed by atoms with Crippen LogP contribution in [0.15, 0.2) is 0 Å². The van der Waals surface area contributed by atoms with Crippen molar-refractivity contribution < 1.29 is 4.79 Å². The van der Waals surface area contributed by atoms with Crippen LogP contribution in [-0.2, 0) is 4.79 Å². The highest BCUT2D eigenvalue weighted by atomic mass is 16.1. The zero-order chi connectivity index (χ0) is 9.40. The first-order valence-electron chi connectivity index (χ1n) is 4.60. The molecular formula is C9H20N2O. The Bertz CT molecular complexity index is 126. The topological polar surface area (TPSA) is 55.1 Å². The lowest BCUT2D eigenvalue weighted by Gasteiger charge is -2.11. The van der Waals surface area contributed by atoms with Crippen molar-refractivity contribution in [1.82, 2.24) is 5.32 Å². The van der Waals surface area contributed by atoms with Gasteiger partial charge in [-0.25, -0.2) is 0 Å². The second-order valence-electron chi connectivity index (χ2n) is 3.09. The number of carbonyl (C=O) groups excluding carboxylic acids is 1. The minimum absolute atomic E-state index is 0.0442. The molecule has 0 aromatic rings. The van der Waals surface area contributed by atoms with Crippen molar-refractivity contribution in [2.75, 3.05) is 13.6 Å². The van der Waals surface area contributed by atoms with Gasteiger partial charge in [0.15, 0.2) is 0 Å². The number of nitrogens with two attached hydrogens (primary N) is 1. The molecule has 0 radical (unpaired) electrons. The number of carbonyl (C=O) groups is 1. The molecule has 0 aliphatic carbocycles. The predicted molar refractivity (Wildman–Crippen MR) is 51.1 cm³/mol. The molecule has 0 bridgehead atoms. The van der Waals surface area contributed by atoms with Crippen molar-refractivity contribution in [3.05, 3.63) is 0 Å². The third-order valence-electron chi connectivity index (χ3n) is 2.04. The van der Waals surface area contributed by atoms with Gasteiger partial charge in [0.2, 0.25) is 0 Å². The normalized spacial score (nSPS) is 12.9. The first-order chi connectivity index (χ1) is 5.72. The maximum Gasteiger partial charge on any atom is 0.146 e. The lowest BCUT2D eigenvalue weighted by molar-refractivity contribution is -0.119. The van der Waals surface area contributed by atoms with E-state index in [-0.39, 0.29) is 11.8 Å². The van der Waals surface area contributed by atoms with Gasteiger partial charge in [-0.3, -0.25) is 4.79 Å². The van der Waals surface area contributed by atoms with Gasteiger partial charge < -0.3 is 11.1 Å². The fourth-order valence-electron chi connectivity index (χ4n) is 1.22. The van der Waals surface area contributed by atoms with E-state index >= 15 is 0 Å². The minimum Gasteiger partial charge on any atom is -0.330 e. The quantitative estimate of drug-likeness (QED) is 0.555. The van der Waals surface area contributed by atoms with Gasteiger partial charge >= 0.3 is 0 Å². The summed E-state index contributed by atoms with van der Waals surface area (Å²) in [7, 11) is 1.83. The number of Topliss-reactive ketones (excluding diaryl/α,β-unsaturated/α-hetero) is 1. The predicted octanol–water partition coefficient (Wildman–Crippen LogP) is 0.682. The lowest BCUT2D eigenvalue weighted by atomic mass is 10.1. The summed E-state index contributed by atoms with van der Waals surface area (Å²) in [6.07, 6.45) is 4.21. The lowest BCUT2D eigenvalue weighted by Crippen LogP contribution is -2.32. The monoisotopic (exact) mass is 172 g/mol. The van der Waals surface area contributed by atoms with Gasteiger partial charge in [-0.2, -0.15) is 0 Å². The van der Waals surface area contributed by atoms with E-state index in [1.165, 1.54) is 0 Å². The molecule has 72 valence electrons. The largest absolute Gasteiger partial charge is 0.330 e. The molecule has 0 aromatic carbocycles. The SMILES string of the molecule is CNC(CCCCCN)C(C)=O. The molecular weight excluding hydrogens is 152 g/mol. The van der Waals surface area contributed by atoms with Crippen LogP contribution < -0.4 is 11.1 Å². The van der Waals surface area contributed by atoms with Crippen LogP contribution in [0.3, 0.4) is 0 Å². The standard InChI is InChI=1S/C9H20N2O/c1-8(12)9(11-2)6-4-3-5-7-10/h9,11H,3-7,10H2,1-2H3. The van der Waals surface area contributed by atoms with Crippen molar-refractivity contribution in [2.24, 2.45) is 5.73 Å². The molecule has 0 aliphatic heterocycles. The van der Waals surface area contributed by atoms with E-state index in [4.69, 9.17) is 5.73 Å². The first kappa shape index (κ1) is 11.6. The molecule has 3 N–H and O–H groups in total. The Hall–Kier alpha value is -0.410. The number of unbranched alkanes of at least 4 members (excludes halogenated alkanes) is 2. The van der Waals surface area contributed by atoms with Gasteiger partial charge in [0.25, 0.3) is 0 Å². The summed E-state index contributed by atoms with van der Waals surface area (Å²) < 4.78 is 0. The second kappa shape index (κ2) is 7.25. The van der Waals surface area contributed by atoms with Crippen molar-refractivity contribution in [3.8, 4) is 0 Å². The molecule has 0 saturated carbocycles. The van der Waals surface area contributed by atoms with Gasteiger partial charge in [0, 0.05) is 0 Å². The van der Waals surface area contributed by atoms with E-state index in [0.29, 0.717) is 0 Å². The molecule has 0 saturated heterocycles. The van der Waals surface area contributed by atoms with Crippen LogP contribution >= 0.6 is 0 Å². The number of ketones is 1. The number of rotatable bonds is 7. The summed E-state index contributed by atoms with van der Waals surface area (Å²) in [5.41, 5.74) is 5.36. The summed E-state index contributed by atoms with van der Waals surface area (Å²) in [6, 6.07) is 0.0442. The Morgan fingerprint density at radius 1 is 1.42 bits per heavy atom. The summed E-state index contributed by atoms with van der Waals surface area (Å²) in [5.74, 6) is 0.227. The summed E-state index contributed by atoms with van der Waals surface area (Å²) in [5, 5.41) is 3.00. The fraction of sp³-hybridized carbons (Fsp3) is 0.889. The Morgan fingerprint density at radius 2 is 2.08 bits per heavy atom. The third kappa shape index (κ3) is 5.27. The molecule has 12 heavy (non-hydrogen) atoms. The van der Waals surface area contributed by atoms with E-state index in [2.05, 4.69) is 5.32 Å². The first-order valence-corrected chi connectivity index (χ1v) is 4.60. The molecule has 3 heteroatoms. The van der Waals surface area contributed by atoms with Crippen LogP contribution in [0.5, 0.6) is 0 Å². The van der Waals surface area contributed by atoms with Crippen LogP contribution in [0.2, 0.25) is 0 Å². The maximum atomic E-state index is 11.0. The zero-order valence-corrected chi connectivity index (χ0v) is 8.10. The van der Waals surface area contributed by atoms with Gasteiger partial charge in [-0.15, -0.1) is 0 Å². The molecule has 1 unspecified atom stereocenters. The minimum atomic E-state index is 0.0442. The molecule has 0 rings (SSSR count). The third-order valence-corrected chi connectivity index (χ3v) is 2.04. The van der Waals surface area contributed by atoms with Crippen molar-refractivity contribution in [3.63, 3.8) is 0 Å². The van der Waals surface area contributed by atoms with E-state index in [0.717, 1.165) is 32.2 Å². The Labute approximate surface area is 74.7 Å². The van der Waals surface area contributed by atoms with E-state index < -0.39 is 0 Å². The van der Waals surface area contributed by atoms with Gasteiger partial charge in [-0.05, 0) is 33.4 Å². The highest BCUT2D eigenvalue weighted by Gasteiger charge is 2.09. The van der Waals surface area contributed by atoms with Crippen molar-refractivity contribution >= 4 is 5.78 Å². The Kier molecular flexibility index (Phi) is 7.00. The van der Waals surface area contributed by atoms with Crippen molar-refractivity contribution in [2.45, 2.75) is 38.6 Å². The van der Waals surface area contributed by atoms with Crippen LogP contribution in [-0.4, -0.2) is 25.4 Å². The van der Waals surface area contributed by atoms with Crippen LogP contribution in [0.25, 0.3) is 0 Å². The second-order valence-corrected chi connectivity index (χ2v) is 3.09. The average molecular weight is 172 g/mol. The number of hydrogen-bond donors (Lipinski definition) is 2. The number of hydrogen-bond acceptors (Lipinski definition) is 3. The zero-order valence-electron chi connectivity index (χ0n) is 8.10. The van der Waals surface area contributed by atoms with Crippen LogP contribution in [0.1, 0.15) is 32.6 Å². The summed E-state index contributed by atoms with van der Waals surface area (Å²) in [4.78, 5) is 11.0. The van der Waals surface area contributed by atoms with Crippen LogP contribution in [0.4, 0.5) is 0 Å². The average Bonchev–Trinajstić information content (AvgIpc) is 2.04. The molecule has 0 fully saturated rings. The van der Waals surface area contributed by atoms with E-state index in [9.17, 15) is 4.79 Å². The Morgan fingerprint density at radius 3 is 2.50 bits per heavy atom. The van der Waals surface area contributed by atoms with Crippen molar-refractivity contribution in [1.29, 1.82) is 0 Å². The molecule has 3 nitrogen and oxygen atoms in total. The van der Waals surface area contributed by atoms with Crippen LogP contribution in [0, 0.1) is 0 Å². The number of likely N-dealkylation sites (N-methyl/N-ethyl adjacent to an activating group) is 1. The van der Waals surface area contributed by atoms with E-state index in [1.54, 1.807) is 6.92 Å².